The molecule has 120 valence electrons. The van der Waals surface area contributed by atoms with Crippen LogP contribution in [0, 0.1) is 10.8 Å². The van der Waals surface area contributed by atoms with E-state index in [1.807, 2.05) is 0 Å². The van der Waals surface area contributed by atoms with Crippen LogP contribution in [0.2, 0.25) is 18.1 Å². The maximum Gasteiger partial charge on any atom is 0.312 e. The molecule has 0 spiro atoms. The SMILES string of the molecule is CC(C)(C)[Si](C)(C)O[C@@H]1C[C@]2(C(=O)O)CCC1(C(=O)O)C2. The summed E-state index contributed by atoms with van der Waals surface area (Å²) >= 11 is 0. The van der Waals surface area contributed by atoms with E-state index in [1.54, 1.807) is 0 Å². The van der Waals surface area contributed by atoms with Crippen molar-refractivity contribution < 1.29 is 24.2 Å². The van der Waals surface area contributed by atoms with Crippen molar-refractivity contribution in [2.24, 2.45) is 10.8 Å². The number of hydrogen-bond acceptors (Lipinski definition) is 3. The molecule has 0 heterocycles. The Morgan fingerprint density at radius 1 is 1.14 bits per heavy atom. The zero-order valence-corrected chi connectivity index (χ0v) is 14.5. The Labute approximate surface area is 126 Å². The number of rotatable bonds is 4. The highest BCUT2D eigenvalue weighted by Crippen LogP contribution is 2.63. The van der Waals surface area contributed by atoms with E-state index in [0.29, 0.717) is 19.3 Å². The molecule has 1 unspecified atom stereocenters. The van der Waals surface area contributed by atoms with E-state index >= 15 is 0 Å². The summed E-state index contributed by atoms with van der Waals surface area (Å²) < 4.78 is 6.33. The Balaban J connectivity index is 2.32. The van der Waals surface area contributed by atoms with Crippen LogP contribution >= 0.6 is 0 Å². The normalized spacial score (nSPS) is 36.0. The molecule has 0 saturated heterocycles. The third-order valence-corrected chi connectivity index (χ3v) is 10.5. The van der Waals surface area contributed by atoms with E-state index < -0.39 is 37.2 Å². The van der Waals surface area contributed by atoms with Gasteiger partial charge >= 0.3 is 11.9 Å². The number of aliphatic carboxylic acids is 2. The maximum absolute atomic E-state index is 11.8. The number of carboxylic acids is 2. The molecule has 2 saturated carbocycles. The fourth-order valence-corrected chi connectivity index (χ4v) is 4.89. The lowest BCUT2D eigenvalue weighted by molar-refractivity contribution is -0.154. The molecule has 0 amide bonds. The fraction of sp³-hybridized carbons (Fsp3) is 0.867. The molecule has 0 aromatic rings. The minimum absolute atomic E-state index is 0.0229. The molecule has 2 rings (SSSR count). The molecule has 21 heavy (non-hydrogen) atoms. The van der Waals surface area contributed by atoms with Crippen LogP contribution in [-0.4, -0.2) is 36.6 Å². The Kier molecular flexibility index (Phi) is 3.58. The second-order valence-corrected chi connectivity index (χ2v) is 13.1. The summed E-state index contributed by atoms with van der Waals surface area (Å²) in [7, 11) is -2.12. The molecule has 0 aliphatic heterocycles. The van der Waals surface area contributed by atoms with Crippen LogP contribution in [0.25, 0.3) is 0 Å². The van der Waals surface area contributed by atoms with Crippen molar-refractivity contribution in [1.82, 2.24) is 0 Å². The van der Waals surface area contributed by atoms with Gasteiger partial charge in [-0.3, -0.25) is 9.59 Å². The summed E-state index contributed by atoms with van der Waals surface area (Å²) in [5, 5.41) is 19.2. The van der Waals surface area contributed by atoms with Crippen molar-refractivity contribution in [2.75, 3.05) is 0 Å². The molecule has 0 aromatic heterocycles. The van der Waals surface area contributed by atoms with E-state index in [0.717, 1.165) is 0 Å². The summed E-state index contributed by atoms with van der Waals surface area (Å²) in [4.78, 5) is 23.5. The predicted molar refractivity (Wildman–Crippen MR) is 80.7 cm³/mol. The smallest absolute Gasteiger partial charge is 0.312 e. The minimum atomic E-state index is -2.12. The van der Waals surface area contributed by atoms with E-state index in [4.69, 9.17) is 4.43 Å². The summed E-state index contributed by atoms with van der Waals surface area (Å²) in [6.45, 7) is 10.5. The highest BCUT2D eigenvalue weighted by Gasteiger charge is 2.68. The van der Waals surface area contributed by atoms with E-state index in [9.17, 15) is 19.8 Å². The van der Waals surface area contributed by atoms with Crippen LogP contribution < -0.4 is 0 Å². The zero-order chi connectivity index (χ0) is 16.3. The summed E-state index contributed by atoms with van der Waals surface area (Å²) in [5.41, 5.74) is -1.90. The molecule has 2 aliphatic carbocycles. The Bertz CT molecular complexity index is 481. The van der Waals surface area contributed by atoms with Gasteiger partial charge in [0.25, 0.3) is 0 Å². The van der Waals surface area contributed by atoms with Gasteiger partial charge < -0.3 is 14.6 Å². The summed E-state index contributed by atoms with van der Waals surface area (Å²) in [6.07, 6.45) is 0.936. The van der Waals surface area contributed by atoms with E-state index in [1.165, 1.54) is 0 Å². The van der Waals surface area contributed by atoms with Gasteiger partial charge in [-0.2, -0.15) is 0 Å². The van der Waals surface area contributed by atoms with Crippen LogP contribution in [-0.2, 0) is 14.0 Å². The number of carbonyl (C=O) groups is 2. The van der Waals surface area contributed by atoms with Crippen LogP contribution in [0.4, 0.5) is 0 Å². The van der Waals surface area contributed by atoms with Gasteiger partial charge in [0.05, 0.1) is 16.9 Å². The lowest BCUT2D eigenvalue weighted by Crippen LogP contribution is -2.50. The Morgan fingerprint density at radius 2 is 1.71 bits per heavy atom. The van der Waals surface area contributed by atoms with Gasteiger partial charge in [-0.15, -0.1) is 0 Å². The fourth-order valence-electron chi connectivity index (χ4n) is 3.52. The minimum Gasteiger partial charge on any atom is -0.481 e. The maximum atomic E-state index is 11.8. The first-order chi connectivity index (χ1) is 9.36. The summed E-state index contributed by atoms with van der Waals surface area (Å²) in [6, 6.07) is 0. The molecule has 3 atom stereocenters. The molecule has 2 N–H and O–H groups in total. The number of carboxylic acid groups (broad SMARTS) is 2. The van der Waals surface area contributed by atoms with Gasteiger partial charge in [0, 0.05) is 0 Å². The molecular formula is C15H26O5Si. The summed E-state index contributed by atoms with van der Waals surface area (Å²) in [5.74, 6) is -1.77. The van der Waals surface area contributed by atoms with E-state index in [2.05, 4.69) is 33.9 Å². The van der Waals surface area contributed by atoms with Gasteiger partial charge in [-0.05, 0) is 43.8 Å². The van der Waals surface area contributed by atoms with Crippen LogP contribution in [0.5, 0.6) is 0 Å². The molecule has 0 aromatic carbocycles. The lowest BCUT2D eigenvalue weighted by atomic mass is 9.80. The largest absolute Gasteiger partial charge is 0.481 e. The molecule has 2 fully saturated rings. The second kappa shape index (κ2) is 4.55. The highest BCUT2D eigenvalue weighted by molar-refractivity contribution is 6.74. The van der Waals surface area contributed by atoms with Crippen LogP contribution in [0.1, 0.15) is 46.5 Å². The first-order valence-electron chi connectivity index (χ1n) is 7.51. The Morgan fingerprint density at radius 3 is 2.14 bits per heavy atom. The molecule has 0 radical (unpaired) electrons. The number of hydrogen-bond donors (Lipinski definition) is 2. The van der Waals surface area contributed by atoms with Gasteiger partial charge in [0.1, 0.15) is 0 Å². The topological polar surface area (TPSA) is 83.8 Å². The zero-order valence-electron chi connectivity index (χ0n) is 13.5. The van der Waals surface area contributed by atoms with Crippen LogP contribution in [0.3, 0.4) is 0 Å². The van der Waals surface area contributed by atoms with Gasteiger partial charge in [-0.25, -0.2) is 0 Å². The number of fused-ring (bicyclic) bond motifs is 2. The van der Waals surface area contributed by atoms with Gasteiger partial charge in [0.2, 0.25) is 0 Å². The molecule has 2 bridgehead atoms. The van der Waals surface area contributed by atoms with Crippen molar-refractivity contribution in [3.05, 3.63) is 0 Å². The van der Waals surface area contributed by atoms with E-state index in [-0.39, 0.29) is 11.5 Å². The standard InChI is InChI=1S/C15H26O5Si/c1-13(2,3)21(4,5)20-10-8-14(11(16)17)6-7-15(10,9-14)12(18)19/h10H,6-9H2,1-5H3,(H,16,17)(H,18,19)/t10-,14-,15?/m1/s1. The van der Waals surface area contributed by atoms with Crippen LogP contribution in [0.15, 0.2) is 0 Å². The van der Waals surface area contributed by atoms with Crippen molar-refractivity contribution in [3.8, 4) is 0 Å². The lowest BCUT2D eigenvalue weighted by Gasteiger charge is -2.43. The van der Waals surface area contributed by atoms with Crippen molar-refractivity contribution in [2.45, 2.75) is 70.7 Å². The molecule has 5 nitrogen and oxygen atoms in total. The second-order valence-electron chi connectivity index (χ2n) is 8.29. The van der Waals surface area contributed by atoms with Gasteiger partial charge in [-0.1, -0.05) is 20.8 Å². The van der Waals surface area contributed by atoms with Gasteiger partial charge in [0.15, 0.2) is 8.32 Å². The predicted octanol–water partition coefficient (Wildman–Crippen LogP) is 3.11. The first-order valence-corrected chi connectivity index (χ1v) is 10.4. The third-order valence-electron chi connectivity index (χ3n) is 6.02. The first kappa shape index (κ1) is 16.5. The average molecular weight is 314 g/mol. The quantitative estimate of drug-likeness (QED) is 0.779. The van der Waals surface area contributed by atoms with Crippen molar-refractivity contribution in [1.29, 1.82) is 0 Å². The molecule has 2 aliphatic rings. The monoisotopic (exact) mass is 314 g/mol. The van der Waals surface area contributed by atoms with Crippen molar-refractivity contribution in [3.63, 3.8) is 0 Å². The Hall–Kier alpha value is -0.883. The van der Waals surface area contributed by atoms with Crippen molar-refractivity contribution >= 4 is 20.3 Å². The average Bonchev–Trinajstić information content (AvgIpc) is 2.82. The molecule has 6 heteroatoms. The highest BCUT2D eigenvalue weighted by atomic mass is 28.4. The molecular weight excluding hydrogens is 288 g/mol. The third kappa shape index (κ3) is 2.32.